The van der Waals surface area contributed by atoms with E-state index in [1.54, 1.807) is 11.2 Å². The molecule has 8 nitrogen and oxygen atoms in total. The average Bonchev–Trinajstić information content (AvgIpc) is 2.86. The summed E-state index contributed by atoms with van der Waals surface area (Å²) >= 11 is 0. The first kappa shape index (κ1) is 10.3. The molecule has 0 aliphatic carbocycles. The molecule has 0 amide bonds. The zero-order valence-electron chi connectivity index (χ0n) is 8.70. The fourth-order valence-corrected chi connectivity index (χ4v) is 1.69. The summed E-state index contributed by atoms with van der Waals surface area (Å²) in [4.78, 5) is 6.88. The number of aromatic amines is 1. The van der Waals surface area contributed by atoms with E-state index in [-0.39, 0.29) is 11.8 Å². The molecular weight excluding hydrogens is 208 g/mol. The number of nitrogen functional groups attached to an aromatic ring is 1. The van der Waals surface area contributed by atoms with Crippen molar-refractivity contribution in [3.05, 3.63) is 12.0 Å². The molecule has 1 aliphatic rings. The number of hydrogen-bond donors (Lipinski definition) is 5. The molecule has 2 heterocycles. The van der Waals surface area contributed by atoms with Crippen molar-refractivity contribution in [2.24, 2.45) is 11.5 Å². The minimum Gasteiger partial charge on any atom is -0.381 e. The summed E-state index contributed by atoms with van der Waals surface area (Å²) in [7, 11) is 0. The van der Waals surface area contributed by atoms with Crippen LogP contribution in [0, 0.1) is 10.8 Å². The average molecular weight is 222 g/mol. The van der Waals surface area contributed by atoms with Crippen LogP contribution in [0.15, 0.2) is 6.20 Å². The topological polar surface area (TPSA) is 135 Å². The van der Waals surface area contributed by atoms with Crippen molar-refractivity contribution >= 4 is 17.6 Å². The second kappa shape index (κ2) is 3.72. The van der Waals surface area contributed by atoms with Gasteiger partial charge in [0.1, 0.15) is 5.82 Å². The Hall–Kier alpha value is -2.25. The van der Waals surface area contributed by atoms with Crippen molar-refractivity contribution in [2.45, 2.75) is 6.42 Å². The number of imidazole rings is 1. The van der Waals surface area contributed by atoms with Gasteiger partial charge in [-0.3, -0.25) is 20.8 Å². The Morgan fingerprint density at radius 2 is 2.12 bits per heavy atom. The van der Waals surface area contributed by atoms with Crippen LogP contribution in [0.2, 0.25) is 0 Å². The van der Waals surface area contributed by atoms with E-state index in [9.17, 15) is 0 Å². The number of aromatic nitrogens is 2. The van der Waals surface area contributed by atoms with E-state index >= 15 is 0 Å². The van der Waals surface area contributed by atoms with Crippen molar-refractivity contribution in [2.75, 3.05) is 18.1 Å². The Labute approximate surface area is 92.2 Å². The maximum absolute atomic E-state index is 7.42. The number of nitrogens with two attached hydrogens (primary N) is 2. The van der Waals surface area contributed by atoms with Gasteiger partial charge >= 0.3 is 0 Å². The van der Waals surface area contributed by atoms with Crippen LogP contribution in [0.1, 0.15) is 12.2 Å². The van der Waals surface area contributed by atoms with E-state index < -0.39 is 0 Å². The van der Waals surface area contributed by atoms with Gasteiger partial charge in [-0.05, 0) is 6.42 Å². The fraction of sp³-hybridized carbons (Fsp3) is 0.375. The second-order valence-electron chi connectivity index (χ2n) is 3.52. The van der Waals surface area contributed by atoms with Gasteiger partial charge in [0, 0.05) is 13.1 Å². The van der Waals surface area contributed by atoms with Crippen molar-refractivity contribution in [3.63, 3.8) is 0 Å². The smallest absolute Gasteiger partial charge is 0.207 e. The molecule has 0 atom stereocenters. The Balaban J connectivity index is 2.22. The summed E-state index contributed by atoms with van der Waals surface area (Å²) in [5.74, 6) is 0.902. The summed E-state index contributed by atoms with van der Waals surface area (Å²) in [6.07, 6.45) is 2.51. The van der Waals surface area contributed by atoms with Gasteiger partial charge in [0.05, 0.1) is 6.20 Å². The van der Waals surface area contributed by atoms with Crippen molar-refractivity contribution in [1.82, 2.24) is 15.0 Å². The molecule has 1 aliphatic heterocycles. The molecule has 1 saturated heterocycles. The van der Waals surface area contributed by atoms with Gasteiger partial charge in [-0.15, -0.1) is 0 Å². The zero-order valence-corrected chi connectivity index (χ0v) is 8.70. The molecule has 86 valence electrons. The first-order chi connectivity index (χ1) is 7.59. The van der Waals surface area contributed by atoms with Gasteiger partial charge in [-0.2, -0.15) is 0 Å². The largest absolute Gasteiger partial charge is 0.381 e. The molecule has 0 bridgehead atoms. The number of amidine groups is 1. The third-order valence-electron chi connectivity index (χ3n) is 2.40. The monoisotopic (exact) mass is 222 g/mol. The molecule has 16 heavy (non-hydrogen) atoms. The predicted octanol–water partition coefficient (Wildman–Crippen LogP) is -0.986. The standard InChI is InChI=1S/C8H14N8/c9-6(10)7-13-4-5(14-7)15-2-1-3-16(15)8(11)12/h4H,1-3H2,(H3,9,10)(H3,11,12)(H,13,14). The van der Waals surface area contributed by atoms with Crippen LogP contribution >= 0.6 is 0 Å². The van der Waals surface area contributed by atoms with Gasteiger partial charge in [-0.25, -0.2) is 4.98 Å². The van der Waals surface area contributed by atoms with E-state index in [1.165, 1.54) is 0 Å². The third kappa shape index (κ3) is 1.64. The molecule has 0 aromatic carbocycles. The van der Waals surface area contributed by atoms with Crippen LogP contribution in [-0.2, 0) is 0 Å². The molecule has 0 saturated carbocycles. The number of rotatable bonds is 2. The van der Waals surface area contributed by atoms with E-state index in [1.807, 2.05) is 5.01 Å². The second-order valence-corrected chi connectivity index (χ2v) is 3.52. The van der Waals surface area contributed by atoms with E-state index in [0.29, 0.717) is 18.2 Å². The lowest BCUT2D eigenvalue weighted by Gasteiger charge is -2.27. The van der Waals surface area contributed by atoms with Crippen molar-refractivity contribution in [3.8, 4) is 0 Å². The number of nitrogens with one attached hydrogen (secondary N) is 3. The molecule has 1 fully saturated rings. The zero-order chi connectivity index (χ0) is 11.7. The molecule has 1 aromatic rings. The van der Waals surface area contributed by atoms with Crippen LogP contribution < -0.4 is 16.5 Å². The normalized spacial score (nSPS) is 15.5. The Morgan fingerprint density at radius 1 is 1.38 bits per heavy atom. The van der Waals surface area contributed by atoms with Gasteiger partial charge in [-0.1, -0.05) is 0 Å². The van der Waals surface area contributed by atoms with Crippen molar-refractivity contribution in [1.29, 1.82) is 10.8 Å². The summed E-state index contributed by atoms with van der Waals surface area (Å²) in [5.41, 5.74) is 10.8. The maximum Gasteiger partial charge on any atom is 0.207 e. The van der Waals surface area contributed by atoms with Gasteiger partial charge in [0.2, 0.25) is 5.96 Å². The van der Waals surface area contributed by atoms with Crippen LogP contribution in [0.5, 0.6) is 0 Å². The number of guanidine groups is 1. The Bertz CT molecular complexity index is 421. The summed E-state index contributed by atoms with van der Waals surface area (Å²) in [6.45, 7) is 1.48. The lowest BCUT2D eigenvalue weighted by Crippen LogP contribution is -2.45. The third-order valence-corrected chi connectivity index (χ3v) is 2.40. The first-order valence-corrected chi connectivity index (χ1v) is 4.88. The van der Waals surface area contributed by atoms with E-state index in [4.69, 9.17) is 22.3 Å². The molecule has 7 N–H and O–H groups in total. The summed E-state index contributed by atoms with van der Waals surface area (Å²) in [6, 6.07) is 0. The number of anilines is 1. The van der Waals surface area contributed by atoms with Gasteiger partial charge in [0.25, 0.3) is 0 Å². The molecule has 2 rings (SSSR count). The highest BCUT2D eigenvalue weighted by molar-refractivity contribution is 5.91. The van der Waals surface area contributed by atoms with Crippen molar-refractivity contribution < 1.29 is 0 Å². The van der Waals surface area contributed by atoms with Crippen LogP contribution in [-0.4, -0.2) is 39.9 Å². The number of nitrogens with zero attached hydrogens (tertiary/aromatic N) is 3. The number of hydrogen-bond acceptors (Lipinski definition) is 4. The molecule has 8 heteroatoms. The molecular formula is C8H14N8. The fourth-order valence-electron chi connectivity index (χ4n) is 1.69. The minimum atomic E-state index is -0.111. The van der Waals surface area contributed by atoms with E-state index in [0.717, 1.165) is 13.0 Å². The Kier molecular flexibility index (Phi) is 2.39. The van der Waals surface area contributed by atoms with Gasteiger partial charge in [0.15, 0.2) is 11.7 Å². The van der Waals surface area contributed by atoms with Crippen LogP contribution in [0.4, 0.5) is 5.82 Å². The Morgan fingerprint density at radius 3 is 2.69 bits per heavy atom. The van der Waals surface area contributed by atoms with Crippen LogP contribution in [0.3, 0.4) is 0 Å². The summed E-state index contributed by atoms with van der Waals surface area (Å²) < 4.78 is 0. The van der Waals surface area contributed by atoms with Gasteiger partial charge < -0.3 is 16.5 Å². The van der Waals surface area contributed by atoms with E-state index in [2.05, 4.69) is 9.97 Å². The quantitative estimate of drug-likeness (QED) is 0.323. The molecule has 1 aromatic heterocycles. The lowest BCUT2D eigenvalue weighted by molar-refractivity contribution is 0.466. The minimum absolute atomic E-state index is 0.00326. The summed E-state index contributed by atoms with van der Waals surface area (Å²) in [5, 5.41) is 18.1. The first-order valence-electron chi connectivity index (χ1n) is 4.88. The highest BCUT2D eigenvalue weighted by atomic mass is 15.7. The maximum atomic E-state index is 7.42. The molecule has 0 spiro atoms. The lowest BCUT2D eigenvalue weighted by atomic mass is 10.4. The van der Waals surface area contributed by atoms with Crippen LogP contribution in [0.25, 0.3) is 0 Å². The highest BCUT2D eigenvalue weighted by Gasteiger charge is 2.24. The molecule has 0 unspecified atom stereocenters. The number of H-pyrrole nitrogens is 1. The number of hydrazine groups is 1. The molecule has 0 radical (unpaired) electrons. The predicted molar refractivity (Wildman–Crippen MR) is 60.2 cm³/mol. The highest BCUT2D eigenvalue weighted by Crippen LogP contribution is 2.18. The SMILES string of the molecule is N=C(N)c1ncc(N2CCCN2C(=N)N)[nH]1.